The fourth-order valence-electron chi connectivity index (χ4n) is 1.67. The fourth-order valence-corrected chi connectivity index (χ4v) is 2.81. The molecule has 2 rings (SSSR count). The highest BCUT2D eigenvalue weighted by atomic mass is 79.9. The second-order valence-electron chi connectivity index (χ2n) is 3.98. The average Bonchev–Trinajstić information content (AvgIpc) is 2.82. The number of amides is 1. The van der Waals surface area contributed by atoms with Crippen molar-refractivity contribution in [2.24, 2.45) is 0 Å². The molecule has 1 amide bonds. The molecule has 18 heavy (non-hydrogen) atoms. The Labute approximate surface area is 119 Å². The number of benzene rings is 1. The Balaban J connectivity index is 1.71. The van der Waals surface area contributed by atoms with Crippen LogP contribution in [0.5, 0.6) is 0 Å². The lowest BCUT2D eigenvalue weighted by atomic mass is 10.1. The van der Waals surface area contributed by atoms with Gasteiger partial charge in [0.15, 0.2) is 0 Å². The van der Waals surface area contributed by atoms with Crippen molar-refractivity contribution in [2.45, 2.75) is 12.8 Å². The Morgan fingerprint density at radius 1 is 1.28 bits per heavy atom. The second kappa shape index (κ2) is 6.71. The first-order chi connectivity index (χ1) is 8.75. The number of rotatable bonds is 5. The second-order valence-corrected chi connectivity index (χ2v) is 6.28. The predicted molar refractivity (Wildman–Crippen MR) is 79.1 cm³/mol. The van der Waals surface area contributed by atoms with Gasteiger partial charge in [-0.1, -0.05) is 30.3 Å². The summed E-state index contributed by atoms with van der Waals surface area (Å²) in [6.07, 6.45) is 1.95. The highest BCUT2D eigenvalue weighted by Crippen LogP contribution is 2.20. The van der Waals surface area contributed by atoms with E-state index in [2.05, 4.69) is 33.4 Å². The third kappa shape index (κ3) is 3.96. The Morgan fingerprint density at radius 2 is 2.06 bits per heavy atom. The van der Waals surface area contributed by atoms with Crippen molar-refractivity contribution in [1.29, 1.82) is 0 Å². The molecule has 0 bridgehead atoms. The number of halogens is 1. The summed E-state index contributed by atoms with van der Waals surface area (Å²) in [5, 5.41) is 4.79. The van der Waals surface area contributed by atoms with Crippen LogP contribution in [0.2, 0.25) is 0 Å². The van der Waals surface area contributed by atoms with Crippen LogP contribution in [0, 0.1) is 0 Å². The number of nitrogens with one attached hydrogen (secondary N) is 1. The number of hydrogen-bond acceptors (Lipinski definition) is 2. The van der Waals surface area contributed by atoms with Gasteiger partial charge in [-0.15, -0.1) is 11.3 Å². The maximum atomic E-state index is 11.7. The zero-order chi connectivity index (χ0) is 12.8. The van der Waals surface area contributed by atoms with E-state index in [-0.39, 0.29) is 5.91 Å². The summed E-state index contributed by atoms with van der Waals surface area (Å²) in [5.74, 6) is 0.00464. The van der Waals surface area contributed by atoms with Crippen molar-refractivity contribution >= 4 is 33.2 Å². The minimum Gasteiger partial charge on any atom is -0.352 e. The minimum absolute atomic E-state index is 0.00464. The van der Waals surface area contributed by atoms with Crippen LogP contribution in [0.3, 0.4) is 0 Å². The van der Waals surface area contributed by atoms with E-state index in [0.29, 0.717) is 6.54 Å². The molecule has 0 aliphatic carbocycles. The Morgan fingerprint density at radius 3 is 2.72 bits per heavy atom. The summed E-state index contributed by atoms with van der Waals surface area (Å²) < 4.78 is 0.983. The quantitative estimate of drug-likeness (QED) is 0.831. The Kier molecular flexibility index (Phi) is 4.96. The van der Waals surface area contributed by atoms with Crippen LogP contribution >= 0.6 is 27.3 Å². The largest absolute Gasteiger partial charge is 0.352 e. The zero-order valence-corrected chi connectivity index (χ0v) is 12.3. The molecule has 0 unspecified atom stereocenters. The summed E-state index contributed by atoms with van der Waals surface area (Å²) in [5.41, 5.74) is 2.04. The Bertz CT molecular complexity index is 510. The van der Waals surface area contributed by atoms with Crippen molar-refractivity contribution in [3.05, 3.63) is 56.7 Å². The van der Waals surface area contributed by atoms with Crippen LogP contribution in [0.4, 0.5) is 0 Å². The van der Waals surface area contributed by atoms with Gasteiger partial charge in [-0.3, -0.25) is 4.79 Å². The lowest BCUT2D eigenvalue weighted by Crippen LogP contribution is -2.24. The third-order valence-corrected chi connectivity index (χ3v) is 4.10. The van der Waals surface area contributed by atoms with Crippen LogP contribution in [0.15, 0.2) is 45.6 Å². The summed E-state index contributed by atoms with van der Waals surface area (Å²) in [4.78, 5) is 11.7. The van der Waals surface area contributed by atoms with Crippen LogP contribution in [0.1, 0.15) is 22.3 Å². The first kappa shape index (κ1) is 13.3. The number of thiophene rings is 1. The molecule has 94 valence electrons. The lowest BCUT2D eigenvalue weighted by molar-refractivity contribution is 0.0953. The van der Waals surface area contributed by atoms with Gasteiger partial charge < -0.3 is 5.32 Å². The van der Waals surface area contributed by atoms with Gasteiger partial charge in [0.25, 0.3) is 5.91 Å². The van der Waals surface area contributed by atoms with E-state index in [0.717, 1.165) is 22.2 Å². The molecule has 2 aromatic rings. The number of carbonyl (C=O) groups is 1. The molecule has 0 radical (unpaired) electrons. The molecule has 0 spiro atoms. The maximum Gasteiger partial charge on any atom is 0.252 e. The standard InChI is InChI=1S/C14H14BrNOS/c15-13-9-12(10-18-13)14(17)16-8-4-7-11-5-2-1-3-6-11/h1-3,5-6,9-10H,4,7-8H2,(H,16,17). The normalized spacial score (nSPS) is 10.3. The first-order valence-corrected chi connectivity index (χ1v) is 7.49. The molecule has 0 saturated carbocycles. The summed E-state index contributed by atoms with van der Waals surface area (Å²) in [6.45, 7) is 0.710. The number of aryl methyl sites for hydroxylation is 1. The zero-order valence-electron chi connectivity index (χ0n) is 9.86. The van der Waals surface area contributed by atoms with E-state index < -0.39 is 0 Å². The van der Waals surface area contributed by atoms with Gasteiger partial charge in [-0.25, -0.2) is 0 Å². The maximum absolute atomic E-state index is 11.7. The highest BCUT2D eigenvalue weighted by Gasteiger charge is 2.06. The van der Waals surface area contributed by atoms with Gasteiger partial charge in [0.05, 0.1) is 9.35 Å². The van der Waals surface area contributed by atoms with Crippen LogP contribution in [-0.2, 0) is 6.42 Å². The summed E-state index contributed by atoms with van der Waals surface area (Å²) in [6, 6.07) is 12.2. The van der Waals surface area contributed by atoms with E-state index in [1.165, 1.54) is 16.9 Å². The average molecular weight is 324 g/mol. The SMILES string of the molecule is O=C(NCCCc1ccccc1)c1csc(Br)c1. The van der Waals surface area contributed by atoms with Gasteiger partial charge >= 0.3 is 0 Å². The topological polar surface area (TPSA) is 29.1 Å². The third-order valence-electron chi connectivity index (χ3n) is 2.60. The number of carbonyl (C=O) groups excluding carboxylic acids is 1. The van der Waals surface area contributed by atoms with Gasteiger partial charge in [-0.2, -0.15) is 0 Å². The summed E-state index contributed by atoms with van der Waals surface area (Å²) in [7, 11) is 0. The van der Waals surface area contributed by atoms with E-state index in [1.807, 2.05) is 29.6 Å². The van der Waals surface area contributed by atoms with E-state index in [1.54, 1.807) is 0 Å². The van der Waals surface area contributed by atoms with Crippen molar-refractivity contribution in [3.63, 3.8) is 0 Å². The monoisotopic (exact) mass is 323 g/mol. The molecule has 4 heteroatoms. The van der Waals surface area contributed by atoms with Gasteiger partial charge in [-0.05, 0) is 40.4 Å². The summed E-state index contributed by atoms with van der Waals surface area (Å²) >= 11 is 4.88. The first-order valence-electron chi connectivity index (χ1n) is 5.82. The van der Waals surface area contributed by atoms with Crippen molar-refractivity contribution in [3.8, 4) is 0 Å². The molecular formula is C14H14BrNOS. The predicted octanol–water partition coefficient (Wildman–Crippen LogP) is 3.87. The molecule has 1 aromatic heterocycles. The lowest BCUT2D eigenvalue weighted by Gasteiger charge is -2.04. The van der Waals surface area contributed by atoms with E-state index >= 15 is 0 Å². The molecular weight excluding hydrogens is 310 g/mol. The van der Waals surface area contributed by atoms with Crippen molar-refractivity contribution < 1.29 is 4.79 Å². The van der Waals surface area contributed by atoms with Gasteiger partial charge in [0, 0.05) is 11.9 Å². The number of hydrogen-bond donors (Lipinski definition) is 1. The molecule has 0 aliphatic heterocycles. The van der Waals surface area contributed by atoms with E-state index in [4.69, 9.17) is 0 Å². The molecule has 1 aromatic carbocycles. The highest BCUT2D eigenvalue weighted by molar-refractivity contribution is 9.11. The van der Waals surface area contributed by atoms with Crippen LogP contribution < -0.4 is 5.32 Å². The Hall–Kier alpha value is -1.13. The molecule has 0 atom stereocenters. The van der Waals surface area contributed by atoms with Crippen molar-refractivity contribution in [1.82, 2.24) is 5.32 Å². The minimum atomic E-state index is 0.00464. The molecule has 0 saturated heterocycles. The molecule has 2 nitrogen and oxygen atoms in total. The van der Waals surface area contributed by atoms with Gasteiger partial charge in [0.2, 0.25) is 0 Å². The molecule has 0 fully saturated rings. The van der Waals surface area contributed by atoms with Crippen LogP contribution in [0.25, 0.3) is 0 Å². The van der Waals surface area contributed by atoms with Crippen LogP contribution in [-0.4, -0.2) is 12.5 Å². The van der Waals surface area contributed by atoms with Gasteiger partial charge in [0.1, 0.15) is 0 Å². The van der Waals surface area contributed by atoms with Crippen molar-refractivity contribution in [2.75, 3.05) is 6.54 Å². The fraction of sp³-hybridized carbons (Fsp3) is 0.214. The smallest absolute Gasteiger partial charge is 0.252 e. The van der Waals surface area contributed by atoms with E-state index in [9.17, 15) is 4.79 Å². The molecule has 0 aliphatic rings. The molecule has 1 N–H and O–H groups in total. The molecule has 1 heterocycles.